The number of aryl methyl sites for hydroxylation is 1. The van der Waals surface area contributed by atoms with Crippen LogP contribution in [0.3, 0.4) is 0 Å². The van der Waals surface area contributed by atoms with Crippen molar-refractivity contribution >= 4 is 34.8 Å². The molecule has 1 saturated heterocycles. The van der Waals surface area contributed by atoms with Gasteiger partial charge in [-0.3, -0.25) is 24.5 Å². The lowest BCUT2D eigenvalue weighted by Crippen LogP contribution is -2.33. The van der Waals surface area contributed by atoms with E-state index in [0.717, 1.165) is 0 Å². The monoisotopic (exact) mass is 424 g/mol. The first-order chi connectivity index (χ1) is 14.7. The highest BCUT2D eigenvalue weighted by molar-refractivity contribution is 6.05. The van der Waals surface area contributed by atoms with E-state index in [9.17, 15) is 24.5 Å². The molecule has 3 rings (SSSR count). The summed E-state index contributed by atoms with van der Waals surface area (Å²) in [5, 5.41) is 16.4. The normalized spacial score (nSPS) is 15.8. The summed E-state index contributed by atoms with van der Waals surface area (Å²) in [4.78, 5) is 49.1. The van der Waals surface area contributed by atoms with Gasteiger partial charge in [0.2, 0.25) is 11.8 Å². The van der Waals surface area contributed by atoms with Crippen LogP contribution >= 0.6 is 0 Å². The van der Waals surface area contributed by atoms with Crippen LogP contribution in [-0.4, -0.2) is 40.1 Å². The maximum Gasteiger partial charge on any atom is 0.271 e. The second kappa shape index (κ2) is 8.95. The topological polar surface area (TPSA) is 122 Å². The Morgan fingerprint density at radius 1 is 1.13 bits per heavy atom. The summed E-state index contributed by atoms with van der Waals surface area (Å²) in [5.74, 6) is -1.09. The number of nitrogens with zero attached hydrogens (tertiary/aromatic N) is 2. The molecular formula is C22H24N4O5. The molecule has 31 heavy (non-hydrogen) atoms. The van der Waals surface area contributed by atoms with Crippen LogP contribution in [0.4, 0.5) is 17.1 Å². The van der Waals surface area contributed by atoms with E-state index in [2.05, 4.69) is 10.6 Å². The summed E-state index contributed by atoms with van der Waals surface area (Å²) in [6.07, 6.45) is 0.188. The van der Waals surface area contributed by atoms with Crippen molar-refractivity contribution < 1.29 is 19.3 Å². The van der Waals surface area contributed by atoms with Crippen molar-refractivity contribution in [3.05, 3.63) is 63.7 Å². The van der Waals surface area contributed by atoms with E-state index in [-0.39, 0.29) is 30.0 Å². The van der Waals surface area contributed by atoms with Gasteiger partial charge >= 0.3 is 0 Å². The fraction of sp³-hybridized carbons (Fsp3) is 0.318. The van der Waals surface area contributed by atoms with Crippen molar-refractivity contribution in [3.63, 3.8) is 0 Å². The minimum Gasteiger partial charge on any atom is -0.339 e. The van der Waals surface area contributed by atoms with Crippen LogP contribution in [0.15, 0.2) is 42.5 Å². The smallest absolute Gasteiger partial charge is 0.271 e. The fourth-order valence-electron chi connectivity index (χ4n) is 3.41. The number of amides is 3. The van der Waals surface area contributed by atoms with Crippen molar-refractivity contribution in [2.24, 2.45) is 5.92 Å². The van der Waals surface area contributed by atoms with Gasteiger partial charge in [-0.05, 0) is 50.6 Å². The summed E-state index contributed by atoms with van der Waals surface area (Å²) >= 11 is 0. The molecule has 1 atom stereocenters. The number of non-ortho nitro benzene ring substituents is 1. The fourth-order valence-corrected chi connectivity index (χ4v) is 3.41. The number of likely N-dealkylation sites (tertiary alicyclic amines) is 1. The zero-order valence-electron chi connectivity index (χ0n) is 17.5. The molecule has 0 aliphatic carbocycles. The molecule has 162 valence electrons. The van der Waals surface area contributed by atoms with Gasteiger partial charge in [-0.15, -0.1) is 0 Å². The summed E-state index contributed by atoms with van der Waals surface area (Å²) in [6, 6.07) is 10.6. The quantitative estimate of drug-likeness (QED) is 0.544. The third kappa shape index (κ3) is 5.06. The molecule has 0 aromatic heterocycles. The van der Waals surface area contributed by atoms with Gasteiger partial charge in [0.15, 0.2) is 0 Å². The molecule has 2 N–H and O–H groups in total. The van der Waals surface area contributed by atoms with Gasteiger partial charge in [-0.1, -0.05) is 6.07 Å². The van der Waals surface area contributed by atoms with Gasteiger partial charge in [-0.2, -0.15) is 0 Å². The Balaban J connectivity index is 1.63. The summed E-state index contributed by atoms with van der Waals surface area (Å²) < 4.78 is 0. The number of nitrogens with one attached hydrogen (secondary N) is 2. The largest absolute Gasteiger partial charge is 0.339 e. The average molecular weight is 424 g/mol. The van der Waals surface area contributed by atoms with Gasteiger partial charge in [0.05, 0.1) is 16.5 Å². The Bertz CT molecular complexity index is 1030. The molecule has 1 fully saturated rings. The highest BCUT2D eigenvalue weighted by Gasteiger charge is 2.35. The lowest BCUT2D eigenvalue weighted by molar-refractivity contribution is -0.384. The van der Waals surface area contributed by atoms with Gasteiger partial charge in [0, 0.05) is 42.4 Å². The first-order valence-corrected chi connectivity index (χ1v) is 9.92. The molecule has 1 aliphatic rings. The molecule has 9 nitrogen and oxygen atoms in total. The lowest BCUT2D eigenvalue weighted by atomic mass is 10.1. The molecule has 9 heteroatoms. The molecule has 1 heterocycles. The maximum absolute atomic E-state index is 12.5. The van der Waals surface area contributed by atoms with Gasteiger partial charge < -0.3 is 15.5 Å². The Kier molecular flexibility index (Phi) is 6.33. The van der Waals surface area contributed by atoms with Crippen LogP contribution in [0, 0.1) is 23.0 Å². The predicted octanol–water partition coefficient (Wildman–Crippen LogP) is 3.35. The highest BCUT2D eigenvalue weighted by Crippen LogP contribution is 2.24. The zero-order valence-corrected chi connectivity index (χ0v) is 17.5. The van der Waals surface area contributed by atoms with Gasteiger partial charge in [-0.25, -0.2) is 0 Å². The van der Waals surface area contributed by atoms with E-state index in [1.54, 1.807) is 42.2 Å². The highest BCUT2D eigenvalue weighted by atomic mass is 16.6. The Hall–Kier alpha value is -3.75. The second-order valence-electron chi connectivity index (χ2n) is 7.82. The number of benzene rings is 2. The number of rotatable bonds is 6. The van der Waals surface area contributed by atoms with Crippen LogP contribution in [-0.2, 0) is 9.59 Å². The van der Waals surface area contributed by atoms with Gasteiger partial charge in [0.25, 0.3) is 11.6 Å². The lowest BCUT2D eigenvalue weighted by Gasteiger charge is -2.20. The molecule has 1 aliphatic heterocycles. The molecule has 2 aromatic rings. The van der Waals surface area contributed by atoms with Crippen LogP contribution in [0.5, 0.6) is 0 Å². The van der Waals surface area contributed by atoms with Crippen molar-refractivity contribution in [1.82, 2.24) is 4.90 Å². The van der Waals surface area contributed by atoms with E-state index in [1.807, 2.05) is 13.8 Å². The Morgan fingerprint density at radius 3 is 2.39 bits per heavy atom. The molecule has 0 radical (unpaired) electrons. The number of carbonyl (C=O) groups is 3. The minimum absolute atomic E-state index is 0.0291. The van der Waals surface area contributed by atoms with Crippen LogP contribution in [0.2, 0.25) is 0 Å². The molecule has 1 unspecified atom stereocenters. The zero-order chi connectivity index (χ0) is 22.7. The first kappa shape index (κ1) is 21.9. The Morgan fingerprint density at radius 2 is 1.81 bits per heavy atom. The first-order valence-electron chi connectivity index (χ1n) is 9.92. The van der Waals surface area contributed by atoms with Crippen molar-refractivity contribution in [1.29, 1.82) is 0 Å². The van der Waals surface area contributed by atoms with Crippen molar-refractivity contribution in [3.8, 4) is 0 Å². The molecule has 0 bridgehead atoms. The van der Waals surface area contributed by atoms with Crippen LogP contribution in [0.1, 0.15) is 36.2 Å². The summed E-state index contributed by atoms with van der Waals surface area (Å²) in [5.41, 5.74) is 1.80. The van der Waals surface area contributed by atoms with Crippen molar-refractivity contribution in [2.75, 3.05) is 17.2 Å². The molecule has 2 aromatic carbocycles. The van der Waals surface area contributed by atoms with E-state index < -0.39 is 16.7 Å². The number of hydrogen-bond acceptors (Lipinski definition) is 5. The summed E-state index contributed by atoms with van der Waals surface area (Å²) in [6.45, 7) is 5.96. The van der Waals surface area contributed by atoms with Gasteiger partial charge in [0.1, 0.15) is 0 Å². The van der Waals surface area contributed by atoms with Crippen molar-refractivity contribution in [2.45, 2.75) is 33.2 Å². The maximum atomic E-state index is 12.5. The summed E-state index contributed by atoms with van der Waals surface area (Å²) in [7, 11) is 0. The molecule has 3 amide bonds. The van der Waals surface area contributed by atoms with Crippen LogP contribution < -0.4 is 10.6 Å². The van der Waals surface area contributed by atoms with E-state index >= 15 is 0 Å². The molecule has 0 saturated carbocycles. The number of carbonyl (C=O) groups excluding carboxylic acids is 3. The second-order valence-corrected chi connectivity index (χ2v) is 7.82. The SMILES string of the molecule is Cc1ccc([N+](=O)[O-])cc1NC(=O)c1ccc(NC(=O)C2CC(=O)N(C(C)C)C2)cc1. The number of nitro groups is 1. The third-order valence-electron chi connectivity index (χ3n) is 5.25. The number of nitro benzene ring substituents is 1. The third-order valence-corrected chi connectivity index (χ3v) is 5.25. The average Bonchev–Trinajstić information content (AvgIpc) is 3.12. The van der Waals surface area contributed by atoms with E-state index in [1.165, 1.54) is 12.1 Å². The minimum atomic E-state index is -0.523. The predicted molar refractivity (Wildman–Crippen MR) is 116 cm³/mol. The standard InChI is InChI=1S/C22H24N4O5/c1-13(2)25-12-16(10-20(25)27)22(29)23-17-7-5-15(6-8-17)21(28)24-19-11-18(26(30)31)9-4-14(19)3/h4-9,11,13,16H,10,12H2,1-3H3,(H,23,29)(H,24,28). The van der Waals surface area contributed by atoms with Crippen LogP contribution in [0.25, 0.3) is 0 Å². The number of hydrogen-bond donors (Lipinski definition) is 2. The van der Waals surface area contributed by atoms with E-state index in [4.69, 9.17) is 0 Å². The Labute approximate surface area is 179 Å². The number of anilines is 2. The molecular weight excluding hydrogens is 400 g/mol. The van der Waals surface area contributed by atoms with E-state index in [0.29, 0.717) is 29.0 Å². The molecule has 0 spiro atoms.